The Balaban J connectivity index is 2.20. The second-order valence-electron chi connectivity index (χ2n) is 7.02. The molecule has 0 aliphatic carbocycles. The lowest BCUT2D eigenvalue weighted by Gasteiger charge is -2.21. The van der Waals surface area contributed by atoms with E-state index < -0.39 is 5.97 Å². The van der Waals surface area contributed by atoms with Gasteiger partial charge in [-0.15, -0.1) is 0 Å². The number of carboxylic acid groups (broad SMARTS) is 1. The average molecular weight is 341 g/mol. The van der Waals surface area contributed by atoms with E-state index in [1.165, 1.54) is 12.3 Å². The van der Waals surface area contributed by atoms with E-state index in [2.05, 4.69) is 25.8 Å². The molecule has 0 saturated heterocycles. The molecule has 0 amide bonds. The molecule has 1 heterocycles. The van der Waals surface area contributed by atoms with Crippen LogP contribution in [0.3, 0.4) is 0 Å². The van der Waals surface area contributed by atoms with Crippen LogP contribution in [0.15, 0.2) is 36.5 Å². The fourth-order valence-corrected chi connectivity index (χ4v) is 2.59. The molecular formula is C20H23NO4. The van der Waals surface area contributed by atoms with Crippen LogP contribution in [-0.2, 0) is 23.1 Å². The highest BCUT2D eigenvalue weighted by Gasteiger charge is 2.17. The fraction of sp³-hybridized carbons (Fsp3) is 0.350. The Hall–Kier alpha value is -2.69. The monoisotopic (exact) mass is 341 g/mol. The SMILES string of the molecule is COc1ccc(C(C)(C)C)cc1CC(=O)Cc1ccnc(C(=O)O)c1. The van der Waals surface area contributed by atoms with Gasteiger partial charge in [0.2, 0.25) is 0 Å². The molecule has 0 unspecified atom stereocenters. The summed E-state index contributed by atoms with van der Waals surface area (Å²) in [6, 6.07) is 9.00. The van der Waals surface area contributed by atoms with Gasteiger partial charge in [0.25, 0.3) is 0 Å². The van der Waals surface area contributed by atoms with E-state index in [1.807, 2.05) is 18.2 Å². The summed E-state index contributed by atoms with van der Waals surface area (Å²) < 4.78 is 5.37. The molecule has 5 nitrogen and oxygen atoms in total. The summed E-state index contributed by atoms with van der Waals surface area (Å²) in [4.78, 5) is 27.2. The van der Waals surface area contributed by atoms with Gasteiger partial charge in [0.15, 0.2) is 0 Å². The largest absolute Gasteiger partial charge is 0.496 e. The topological polar surface area (TPSA) is 76.5 Å². The van der Waals surface area contributed by atoms with Crippen LogP contribution in [0.5, 0.6) is 5.75 Å². The lowest BCUT2D eigenvalue weighted by Crippen LogP contribution is -2.13. The quantitative estimate of drug-likeness (QED) is 0.871. The minimum absolute atomic E-state index is 0.00750. The predicted octanol–water partition coefficient (Wildman–Crippen LogP) is 3.44. The zero-order valence-corrected chi connectivity index (χ0v) is 15.0. The van der Waals surface area contributed by atoms with Crippen LogP contribution in [0.25, 0.3) is 0 Å². The summed E-state index contributed by atoms with van der Waals surface area (Å²) in [7, 11) is 1.59. The van der Waals surface area contributed by atoms with Gasteiger partial charge in [0.05, 0.1) is 7.11 Å². The molecule has 1 aromatic carbocycles. The summed E-state index contributed by atoms with van der Waals surface area (Å²) in [5.41, 5.74) is 2.53. The van der Waals surface area contributed by atoms with E-state index in [4.69, 9.17) is 9.84 Å². The highest BCUT2D eigenvalue weighted by Crippen LogP contribution is 2.28. The van der Waals surface area contributed by atoms with Gasteiger partial charge in [-0.3, -0.25) is 4.79 Å². The van der Waals surface area contributed by atoms with Gasteiger partial charge in [-0.25, -0.2) is 9.78 Å². The van der Waals surface area contributed by atoms with Crippen molar-refractivity contribution in [1.29, 1.82) is 0 Å². The molecule has 0 bridgehead atoms. The number of Topliss-reactive ketones (excluding diaryl/α,β-unsaturated/α-hetero) is 1. The zero-order valence-electron chi connectivity index (χ0n) is 15.0. The molecule has 132 valence electrons. The van der Waals surface area contributed by atoms with Gasteiger partial charge in [-0.2, -0.15) is 0 Å². The average Bonchev–Trinajstić information content (AvgIpc) is 2.54. The van der Waals surface area contributed by atoms with Crippen LogP contribution >= 0.6 is 0 Å². The molecule has 0 atom stereocenters. The third kappa shape index (κ3) is 4.89. The van der Waals surface area contributed by atoms with Gasteiger partial charge in [-0.05, 0) is 34.7 Å². The zero-order chi connectivity index (χ0) is 18.6. The Kier molecular flexibility index (Phi) is 5.57. The van der Waals surface area contributed by atoms with Gasteiger partial charge in [-0.1, -0.05) is 32.9 Å². The van der Waals surface area contributed by atoms with Gasteiger partial charge in [0, 0.05) is 24.6 Å². The van der Waals surface area contributed by atoms with E-state index in [0.29, 0.717) is 11.3 Å². The summed E-state index contributed by atoms with van der Waals surface area (Å²) in [6.07, 6.45) is 1.80. The minimum Gasteiger partial charge on any atom is -0.496 e. The number of aromatic carboxylic acids is 1. The number of hydrogen-bond acceptors (Lipinski definition) is 4. The molecule has 2 aromatic rings. The lowest BCUT2D eigenvalue weighted by atomic mass is 9.85. The van der Waals surface area contributed by atoms with Crippen molar-refractivity contribution < 1.29 is 19.4 Å². The molecular weight excluding hydrogens is 318 g/mol. The number of ether oxygens (including phenoxy) is 1. The Bertz CT molecular complexity index is 791. The van der Waals surface area contributed by atoms with Crippen LogP contribution in [0.1, 0.15) is 48.0 Å². The van der Waals surface area contributed by atoms with E-state index in [0.717, 1.165) is 11.1 Å². The number of benzene rings is 1. The van der Waals surface area contributed by atoms with Gasteiger partial charge in [0.1, 0.15) is 17.2 Å². The normalized spacial score (nSPS) is 11.2. The highest BCUT2D eigenvalue weighted by molar-refractivity contribution is 5.87. The van der Waals surface area contributed by atoms with E-state index in [9.17, 15) is 9.59 Å². The number of carbonyl (C=O) groups excluding carboxylic acids is 1. The van der Waals surface area contributed by atoms with Gasteiger partial charge >= 0.3 is 5.97 Å². The van der Waals surface area contributed by atoms with E-state index in [1.54, 1.807) is 13.2 Å². The molecule has 0 spiro atoms. The smallest absolute Gasteiger partial charge is 0.354 e. The van der Waals surface area contributed by atoms with Crippen LogP contribution in [0.2, 0.25) is 0 Å². The van der Waals surface area contributed by atoms with Crippen molar-refractivity contribution in [3.05, 3.63) is 58.9 Å². The van der Waals surface area contributed by atoms with Crippen molar-refractivity contribution in [3.8, 4) is 5.75 Å². The molecule has 0 aliphatic heterocycles. The maximum absolute atomic E-state index is 12.5. The predicted molar refractivity (Wildman–Crippen MR) is 95.3 cm³/mol. The Morgan fingerprint density at radius 1 is 1.12 bits per heavy atom. The third-order valence-corrected chi connectivity index (χ3v) is 3.98. The summed E-state index contributed by atoms with van der Waals surface area (Å²) in [5.74, 6) is -0.428. The number of methoxy groups -OCH3 is 1. The highest BCUT2D eigenvalue weighted by atomic mass is 16.5. The first-order valence-electron chi connectivity index (χ1n) is 8.08. The number of hydrogen-bond donors (Lipinski definition) is 1. The number of aromatic nitrogens is 1. The minimum atomic E-state index is -1.10. The first-order valence-corrected chi connectivity index (χ1v) is 8.08. The Morgan fingerprint density at radius 3 is 2.44 bits per heavy atom. The van der Waals surface area contributed by atoms with Crippen LogP contribution in [-0.4, -0.2) is 29.0 Å². The van der Waals surface area contributed by atoms with Crippen molar-refractivity contribution in [2.24, 2.45) is 0 Å². The number of ketones is 1. The van der Waals surface area contributed by atoms with Crippen LogP contribution in [0, 0.1) is 0 Å². The summed E-state index contributed by atoms with van der Waals surface area (Å²) >= 11 is 0. The molecule has 0 radical (unpaired) electrons. The molecule has 0 fully saturated rings. The third-order valence-electron chi connectivity index (χ3n) is 3.98. The number of pyridine rings is 1. The van der Waals surface area contributed by atoms with Crippen molar-refractivity contribution in [3.63, 3.8) is 0 Å². The summed E-state index contributed by atoms with van der Waals surface area (Å²) in [6.45, 7) is 6.35. The summed E-state index contributed by atoms with van der Waals surface area (Å²) in [5, 5.41) is 8.99. The Labute approximate surface area is 147 Å². The second-order valence-corrected chi connectivity index (χ2v) is 7.02. The standard InChI is InChI=1S/C20H23NO4/c1-20(2,3)15-5-6-18(25-4)14(11-15)12-16(22)9-13-7-8-21-17(10-13)19(23)24/h5-8,10-11H,9,12H2,1-4H3,(H,23,24). The van der Waals surface area contributed by atoms with Crippen molar-refractivity contribution >= 4 is 11.8 Å². The van der Waals surface area contributed by atoms with Gasteiger partial charge < -0.3 is 9.84 Å². The molecule has 1 N–H and O–H groups in total. The number of carboxylic acids is 1. The Morgan fingerprint density at radius 2 is 1.84 bits per heavy atom. The number of carbonyl (C=O) groups is 2. The molecule has 0 saturated carbocycles. The molecule has 25 heavy (non-hydrogen) atoms. The number of rotatable bonds is 6. The van der Waals surface area contributed by atoms with Crippen LogP contribution < -0.4 is 4.74 Å². The first kappa shape index (κ1) is 18.6. The molecule has 2 rings (SSSR count). The van der Waals surface area contributed by atoms with Crippen molar-refractivity contribution in [2.75, 3.05) is 7.11 Å². The van der Waals surface area contributed by atoms with Crippen molar-refractivity contribution in [2.45, 2.75) is 39.0 Å². The first-order chi connectivity index (χ1) is 11.7. The molecule has 0 aliphatic rings. The van der Waals surface area contributed by atoms with E-state index >= 15 is 0 Å². The maximum Gasteiger partial charge on any atom is 0.354 e. The second kappa shape index (κ2) is 7.47. The molecule has 1 aromatic heterocycles. The van der Waals surface area contributed by atoms with E-state index in [-0.39, 0.29) is 29.7 Å². The maximum atomic E-state index is 12.5. The molecule has 5 heteroatoms. The van der Waals surface area contributed by atoms with Crippen molar-refractivity contribution in [1.82, 2.24) is 4.98 Å². The fourth-order valence-electron chi connectivity index (χ4n) is 2.59. The van der Waals surface area contributed by atoms with Crippen LogP contribution in [0.4, 0.5) is 0 Å². The lowest BCUT2D eigenvalue weighted by molar-refractivity contribution is -0.117. The number of nitrogens with zero attached hydrogens (tertiary/aromatic N) is 1.